The van der Waals surface area contributed by atoms with Crippen LogP contribution in [0.3, 0.4) is 0 Å². The third kappa shape index (κ3) is 5.37. The van der Waals surface area contributed by atoms with E-state index in [4.69, 9.17) is 27.9 Å². The number of nitrogens with one attached hydrogen (secondary N) is 1. The molecule has 0 saturated carbocycles. The molecule has 1 amide bonds. The Balaban J connectivity index is 1.84. The molecule has 0 atom stereocenters. The summed E-state index contributed by atoms with van der Waals surface area (Å²) in [5, 5.41) is 23.2. The van der Waals surface area contributed by atoms with Crippen molar-refractivity contribution in [3.05, 3.63) is 81.8 Å². The van der Waals surface area contributed by atoms with Gasteiger partial charge in [0, 0.05) is 5.39 Å². The van der Waals surface area contributed by atoms with Crippen LogP contribution in [0.5, 0.6) is 11.5 Å². The second-order valence-corrected chi connectivity index (χ2v) is 10.1. The summed E-state index contributed by atoms with van der Waals surface area (Å²) in [6, 6.07) is 15.4. The molecule has 4 aromatic carbocycles. The number of benzene rings is 4. The first-order valence-corrected chi connectivity index (χ1v) is 12.8. The number of amides is 1. The molecular weight excluding hydrogens is 541 g/mol. The van der Waals surface area contributed by atoms with Gasteiger partial charge in [-0.1, -0.05) is 53.5 Å². The summed E-state index contributed by atoms with van der Waals surface area (Å²) in [6.45, 7) is 1.54. The first-order chi connectivity index (χ1) is 17.5. The molecule has 37 heavy (non-hydrogen) atoms. The predicted molar refractivity (Wildman–Crippen MR) is 142 cm³/mol. The Morgan fingerprint density at radius 2 is 1.76 bits per heavy atom. The van der Waals surface area contributed by atoms with Crippen molar-refractivity contribution >= 4 is 67.1 Å². The summed E-state index contributed by atoms with van der Waals surface area (Å²) < 4.78 is 37.9. The Hall–Kier alpha value is -3.70. The zero-order chi connectivity index (χ0) is 26.9. The minimum atomic E-state index is -4.53. The number of aromatic hydroxyl groups is 1. The highest BCUT2D eigenvalue weighted by molar-refractivity contribution is 7.85. The fourth-order valence-corrected chi connectivity index (χ4v) is 4.56. The summed E-state index contributed by atoms with van der Waals surface area (Å²) in [7, 11) is -3.10. The number of phenolic OH excluding ortho intramolecular Hbond substituents is 1. The Morgan fingerprint density at radius 3 is 2.46 bits per heavy atom. The SMILES string of the molecule is COc1cccc(Cl)c1NC(=O)c1cc2ccccc2c(N=Nc2cc(S(=O)(=O)O)cc(C)c2Cl)c1O. The summed E-state index contributed by atoms with van der Waals surface area (Å²) in [5.74, 6) is -0.845. The number of methoxy groups -OCH3 is 1. The quantitative estimate of drug-likeness (QED) is 0.170. The molecular formula is C25H19Cl2N3O6S. The van der Waals surface area contributed by atoms with Gasteiger partial charge in [0.25, 0.3) is 16.0 Å². The molecule has 0 heterocycles. The van der Waals surface area contributed by atoms with Crippen molar-refractivity contribution in [1.82, 2.24) is 0 Å². The number of hydrogen-bond donors (Lipinski definition) is 3. The number of phenols is 1. The number of carbonyl (C=O) groups excluding carboxylic acids is 1. The number of azo groups is 1. The fourth-order valence-electron chi connectivity index (χ4n) is 3.61. The van der Waals surface area contributed by atoms with E-state index in [1.807, 2.05) is 0 Å². The highest BCUT2D eigenvalue weighted by Gasteiger charge is 2.21. The van der Waals surface area contributed by atoms with E-state index in [1.54, 1.807) is 42.5 Å². The molecule has 0 radical (unpaired) electrons. The highest BCUT2D eigenvalue weighted by Crippen LogP contribution is 2.41. The van der Waals surface area contributed by atoms with Gasteiger partial charge >= 0.3 is 0 Å². The average Bonchev–Trinajstić information content (AvgIpc) is 2.85. The molecule has 0 aliphatic rings. The second-order valence-electron chi connectivity index (χ2n) is 7.86. The van der Waals surface area contributed by atoms with Crippen molar-refractivity contribution in [2.45, 2.75) is 11.8 Å². The van der Waals surface area contributed by atoms with Crippen LogP contribution in [0, 0.1) is 6.92 Å². The molecule has 0 aromatic heterocycles. The van der Waals surface area contributed by atoms with Crippen molar-refractivity contribution in [2.75, 3.05) is 12.4 Å². The van der Waals surface area contributed by atoms with E-state index in [0.29, 0.717) is 22.1 Å². The van der Waals surface area contributed by atoms with Crippen molar-refractivity contribution in [1.29, 1.82) is 0 Å². The molecule has 9 nitrogen and oxygen atoms in total. The van der Waals surface area contributed by atoms with Gasteiger partial charge in [0.05, 0.1) is 27.6 Å². The van der Waals surface area contributed by atoms with Crippen molar-refractivity contribution in [2.24, 2.45) is 10.2 Å². The van der Waals surface area contributed by atoms with E-state index in [0.717, 1.165) is 6.07 Å². The van der Waals surface area contributed by atoms with Crippen LogP contribution < -0.4 is 10.1 Å². The number of para-hydroxylation sites is 1. The summed E-state index contributed by atoms with van der Waals surface area (Å²) >= 11 is 12.5. The van der Waals surface area contributed by atoms with Gasteiger partial charge in [0.2, 0.25) is 0 Å². The highest BCUT2D eigenvalue weighted by atomic mass is 35.5. The maximum absolute atomic E-state index is 13.2. The number of fused-ring (bicyclic) bond motifs is 1. The third-order valence-corrected chi connectivity index (χ3v) is 7.08. The minimum absolute atomic E-state index is 0.0552. The van der Waals surface area contributed by atoms with Crippen molar-refractivity contribution in [3.8, 4) is 11.5 Å². The lowest BCUT2D eigenvalue weighted by Crippen LogP contribution is -2.13. The van der Waals surface area contributed by atoms with Crippen LogP contribution in [-0.2, 0) is 10.1 Å². The summed E-state index contributed by atoms with van der Waals surface area (Å²) in [4.78, 5) is 12.8. The maximum atomic E-state index is 13.2. The van der Waals surface area contributed by atoms with E-state index >= 15 is 0 Å². The van der Waals surface area contributed by atoms with Gasteiger partial charge in [0.15, 0.2) is 5.75 Å². The molecule has 0 aliphatic carbocycles. The van der Waals surface area contributed by atoms with Crippen molar-refractivity contribution in [3.63, 3.8) is 0 Å². The molecule has 0 aliphatic heterocycles. The van der Waals surface area contributed by atoms with Crippen LogP contribution in [-0.4, -0.2) is 31.1 Å². The third-order valence-electron chi connectivity index (χ3n) is 5.44. The molecule has 0 saturated heterocycles. The van der Waals surface area contributed by atoms with E-state index in [2.05, 4.69) is 15.5 Å². The zero-order valence-electron chi connectivity index (χ0n) is 19.4. The number of aryl methyl sites for hydroxylation is 1. The van der Waals surface area contributed by atoms with Crippen LogP contribution in [0.25, 0.3) is 10.8 Å². The van der Waals surface area contributed by atoms with Gasteiger partial charge in [-0.25, -0.2) is 0 Å². The van der Waals surface area contributed by atoms with Crippen LogP contribution >= 0.6 is 23.2 Å². The Bertz CT molecular complexity index is 1690. The molecule has 4 aromatic rings. The average molecular weight is 560 g/mol. The number of carbonyl (C=O) groups is 1. The van der Waals surface area contributed by atoms with Crippen LogP contribution in [0.15, 0.2) is 75.8 Å². The number of halogens is 2. The first kappa shape index (κ1) is 26.4. The van der Waals surface area contributed by atoms with E-state index in [-0.39, 0.29) is 32.7 Å². The maximum Gasteiger partial charge on any atom is 0.294 e. The Labute approximate surface area is 222 Å². The molecule has 4 rings (SSSR count). The van der Waals surface area contributed by atoms with Gasteiger partial charge < -0.3 is 15.2 Å². The standard InChI is InChI=1S/C25H19Cl2N3O6S/c1-13-10-15(37(33,34)35)12-19(21(13)27)29-30-22-16-7-4-3-6-14(16)11-17(24(22)31)25(32)28-23-18(26)8-5-9-20(23)36-2/h3-12,31H,1-2H3,(H,28,32)(H,33,34,35). The topological polar surface area (TPSA) is 138 Å². The van der Waals surface area contributed by atoms with Gasteiger partial charge in [-0.2, -0.15) is 8.42 Å². The van der Waals surface area contributed by atoms with Gasteiger partial charge in [0.1, 0.15) is 22.8 Å². The fraction of sp³-hybridized carbons (Fsp3) is 0.0800. The van der Waals surface area contributed by atoms with E-state index < -0.39 is 26.7 Å². The van der Waals surface area contributed by atoms with Gasteiger partial charge in [-0.15, -0.1) is 10.2 Å². The van der Waals surface area contributed by atoms with Crippen molar-refractivity contribution < 1.29 is 27.6 Å². The second kappa shape index (κ2) is 10.3. The monoisotopic (exact) mass is 559 g/mol. The number of rotatable bonds is 6. The summed E-state index contributed by atoms with van der Waals surface area (Å²) in [6.07, 6.45) is 0. The smallest absolute Gasteiger partial charge is 0.294 e. The minimum Gasteiger partial charge on any atom is -0.505 e. The number of anilines is 1. The predicted octanol–water partition coefficient (Wildman–Crippen LogP) is 7.08. The molecule has 12 heteroatoms. The lowest BCUT2D eigenvalue weighted by molar-refractivity contribution is 0.102. The van der Waals surface area contributed by atoms with Crippen LogP contribution in [0.2, 0.25) is 10.0 Å². The first-order valence-electron chi connectivity index (χ1n) is 10.6. The lowest BCUT2D eigenvalue weighted by Gasteiger charge is -2.14. The number of nitrogens with zero attached hydrogens (tertiary/aromatic N) is 2. The molecule has 190 valence electrons. The molecule has 0 bridgehead atoms. The Morgan fingerprint density at radius 1 is 1.03 bits per heavy atom. The van der Waals surface area contributed by atoms with Crippen LogP contribution in [0.1, 0.15) is 15.9 Å². The Kier molecular flexibility index (Phi) is 7.37. The largest absolute Gasteiger partial charge is 0.505 e. The number of ether oxygens (including phenoxy) is 1. The normalized spacial score (nSPS) is 11.7. The molecule has 0 spiro atoms. The molecule has 0 fully saturated rings. The van der Waals surface area contributed by atoms with Crippen LogP contribution in [0.4, 0.5) is 17.1 Å². The van der Waals surface area contributed by atoms with E-state index in [1.165, 1.54) is 26.2 Å². The van der Waals surface area contributed by atoms with Gasteiger partial charge in [-0.3, -0.25) is 9.35 Å². The molecule has 3 N–H and O–H groups in total. The number of hydrogen-bond acceptors (Lipinski definition) is 7. The van der Waals surface area contributed by atoms with Gasteiger partial charge in [-0.05, 0) is 48.2 Å². The summed E-state index contributed by atoms with van der Waals surface area (Å²) in [5.41, 5.74) is 0.315. The van der Waals surface area contributed by atoms with E-state index in [9.17, 15) is 22.9 Å². The lowest BCUT2D eigenvalue weighted by atomic mass is 10.0. The molecule has 0 unspecified atom stereocenters. The zero-order valence-corrected chi connectivity index (χ0v) is 21.7.